The van der Waals surface area contributed by atoms with Crippen LogP contribution in [-0.2, 0) is 0 Å². The van der Waals surface area contributed by atoms with Crippen molar-refractivity contribution < 1.29 is 5.11 Å². The summed E-state index contributed by atoms with van der Waals surface area (Å²) in [4.78, 5) is 0. The van der Waals surface area contributed by atoms with E-state index in [1.165, 1.54) is 5.56 Å². The van der Waals surface area contributed by atoms with E-state index >= 15 is 0 Å². The Labute approximate surface area is 83.3 Å². The maximum atomic E-state index is 9.13. The van der Waals surface area contributed by atoms with Gasteiger partial charge >= 0.3 is 0 Å². The first-order valence-electron chi connectivity index (χ1n) is 4.52. The molecule has 2 unspecified atom stereocenters. The van der Waals surface area contributed by atoms with Crippen LogP contribution in [0.4, 0.5) is 0 Å². The molecule has 70 valence electrons. The van der Waals surface area contributed by atoms with Crippen LogP contribution in [0.25, 0.3) is 0 Å². The first kappa shape index (κ1) is 9.04. The number of aliphatic hydroxyl groups excluding tert-OH is 1. The molecular formula is C11H13ClO. The van der Waals surface area contributed by atoms with Gasteiger partial charge in [0, 0.05) is 11.6 Å². The van der Waals surface area contributed by atoms with Crippen molar-refractivity contribution in [3.05, 3.63) is 34.9 Å². The molecule has 1 nitrogen and oxygen atoms in total. The van der Waals surface area contributed by atoms with Crippen molar-refractivity contribution in [3.8, 4) is 0 Å². The molecular weight excluding hydrogens is 184 g/mol. The molecule has 0 bridgehead atoms. The van der Waals surface area contributed by atoms with Crippen LogP contribution in [0.15, 0.2) is 24.3 Å². The SMILES string of the molecule is CC1(CO)CC1c1cccc(Cl)c1. The highest BCUT2D eigenvalue weighted by atomic mass is 35.5. The second kappa shape index (κ2) is 3.00. The van der Waals surface area contributed by atoms with Gasteiger partial charge in [0.05, 0.1) is 0 Å². The van der Waals surface area contributed by atoms with Crippen LogP contribution in [0.3, 0.4) is 0 Å². The van der Waals surface area contributed by atoms with Crippen LogP contribution in [0, 0.1) is 5.41 Å². The minimum Gasteiger partial charge on any atom is -0.396 e. The molecule has 1 N–H and O–H groups in total. The molecule has 0 spiro atoms. The van der Waals surface area contributed by atoms with E-state index in [2.05, 4.69) is 13.0 Å². The predicted octanol–water partition coefficient (Wildman–Crippen LogP) is 2.83. The van der Waals surface area contributed by atoms with E-state index in [1.807, 2.05) is 18.2 Å². The average Bonchev–Trinajstić information content (AvgIpc) is 2.79. The van der Waals surface area contributed by atoms with Gasteiger partial charge in [-0.3, -0.25) is 0 Å². The fraction of sp³-hybridized carbons (Fsp3) is 0.455. The zero-order valence-corrected chi connectivity index (χ0v) is 8.38. The maximum absolute atomic E-state index is 9.13. The molecule has 0 radical (unpaired) electrons. The van der Waals surface area contributed by atoms with Gasteiger partial charge in [0.2, 0.25) is 0 Å². The number of hydrogen-bond acceptors (Lipinski definition) is 1. The molecule has 2 rings (SSSR count). The molecule has 0 amide bonds. The van der Waals surface area contributed by atoms with Gasteiger partial charge in [-0.1, -0.05) is 30.7 Å². The van der Waals surface area contributed by atoms with Crippen molar-refractivity contribution >= 4 is 11.6 Å². The average molecular weight is 197 g/mol. The van der Waals surface area contributed by atoms with Crippen LogP contribution in [0.5, 0.6) is 0 Å². The summed E-state index contributed by atoms with van der Waals surface area (Å²) in [5, 5.41) is 9.92. The molecule has 2 atom stereocenters. The summed E-state index contributed by atoms with van der Waals surface area (Å²) in [5.74, 6) is 0.496. The first-order chi connectivity index (χ1) is 6.15. The Bertz CT molecular complexity index is 324. The molecule has 0 saturated heterocycles. The Morgan fingerprint density at radius 2 is 2.38 bits per heavy atom. The Morgan fingerprint density at radius 1 is 1.62 bits per heavy atom. The smallest absolute Gasteiger partial charge is 0.0490 e. The normalized spacial score (nSPS) is 31.8. The van der Waals surface area contributed by atoms with Crippen LogP contribution in [0.1, 0.15) is 24.8 Å². The van der Waals surface area contributed by atoms with Gasteiger partial charge in [-0.15, -0.1) is 0 Å². The lowest BCUT2D eigenvalue weighted by atomic mass is 10.0. The third-order valence-electron chi connectivity index (χ3n) is 2.96. The van der Waals surface area contributed by atoms with Crippen molar-refractivity contribution in [2.75, 3.05) is 6.61 Å². The molecule has 1 fully saturated rings. The van der Waals surface area contributed by atoms with E-state index < -0.39 is 0 Å². The lowest BCUT2D eigenvalue weighted by molar-refractivity contribution is 0.220. The monoisotopic (exact) mass is 196 g/mol. The molecule has 0 aromatic heterocycles. The Kier molecular flexibility index (Phi) is 2.09. The molecule has 13 heavy (non-hydrogen) atoms. The predicted molar refractivity (Wildman–Crippen MR) is 54.0 cm³/mol. The molecule has 0 aliphatic heterocycles. The van der Waals surface area contributed by atoms with Crippen LogP contribution < -0.4 is 0 Å². The molecule has 0 heterocycles. The number of rotatable bonds is 2. The molecule has 1 saturated carbocycles. The van der Waals surface area contributed by atoms with Crippen LogP contribution in [-0.4, -0.2) is 11.7 Å². The van der Waals surface area contributed by atoms with E-state index in [-0.39, 0.29) is 12.0 Å². The van der Waals surface area contributed by atoms with Crippen LogP contribution >= 0.6 is 11.6 Å². The molecule has 1 aliphatic rings. The summed E-state index contributed by atoms with van der Waals surface area (Å²) in [7, 11) is 0. The zero-order chi connectivity index (χ0) is 9.47. The number of hydrogen-bond donors (Lipinski definition) is 1. The number of halogens is 1. The van der Waals surface area contributed by atoms with E-state index in [9.17, 15) is 0 Å². The molecule has 1 aromatic carbocycles. The van der Waals surface area contributed by atoms with Crippen molar-refractivity contribution in [1.82, 2.24) is 0 Å². The second-order valence-corrected chi connectivity index (χ2v) is 4.56. The van der Waals surface area contributed by atoms with Gasteiger partial charge in [0.1, 0.15) is 0 Å². The van der Waals surface area contributed by atoms with Crippen molar-refractivity contribution in [3.63, 3.8) is 0 Å². The summed E-state index contributed by atoms with van der Waals surface area (Å²) in [6.07, 6.45) is 1.07. The summed E-state index contributed by atoms with van der Waals surface area (Å²) in [5.41, 5.74) is 1.36. The highest BCUT2D eigenvalue weighted by Crippen LogP contribution is 2.58. The van der Waals surface area contributed by atoms with Crippen molar-refractivity contribution in [2.24, 2.45) is 5.41 Å². The quantitative estimate of drug-likeness (QED) is 0.772. The third kappa shape index (κ3) is 1.59. The van der Waals surface area contributed by atoms with Gasteiger partial charge in [-0.2, -0.15) is 0 Å². The molecule has 2 heteroatoms. The van der Waals surface area contributed by atoms with Gasteiger partial charge in [0.25, 0.3) is 0 Å². The second-order valence-electron chi connectivity index (χ2n) is 4.12. The maximum Gasteiger partial charge on any atom is 0.0490 e. The van der Waals surface area contributed by atoms with E-state index in [1.54, 1.807) is 0 Å². The third-order valence-corrected chi connectivity index (χ3v) is 3.20. The highest BCUT2D eigenvalue weighted by molar-refractivity contribution is 6.30. The van der Waals surface area contributed by atoms with Gasteiger partial charge in [-0.25, -0.2) is 0 Å². The van der Waals surface area contributed by atoms with E-state index in [0.29, 0.717) is 5.92 Å². The molecule has 1 aliphatic carbocycles. The van der Waals surface area contributed by atoms with Gasteiger partial charge in [-0.05, 0) is 35.4 Å². The van der Waals surface area contributed by atoms with Gasteiger partial charge in [0.15, 0.2) is 0 Å². The Hall–Kier alpha value is -0.530. The Morgan fingerprint density at radius 3 is 2.92 bits per heavy atom. The van der Waals surface area contributed by atoms with Crippen molar-refractivity contribution in [2.45, 2.75) is 19.3 Å². The fourth-order valence-corrected chi connectivity index (χ4v) is 2.02. The lowest BCUT2D eigenvalue weighted by Gasteiger charge is -2.06. The number of aliphatic hydroxyl groups is 1. The first-order valence-corrected chi connectivity index (χ1v) is 4.90. The van der Waals surface area contributed by atoms with E-state index in [0.717, 1.165) is 11.4 Å². The summed E-state index contributed by atoms with van der Waals surface area (Å²) < 4.78 is 0. The summed E-state index contributed by atoms with van der Waals surface area (Å²) in [6, 6.07) is 7.92. The highest BCUT2D eigenvalue weighted by Gasteiger charge is 2.50. The van der Waals surface area contributed by atoms with Gasteiger partial charge < -0.3 is 5.11 Å². The van der Waals surface area contributed by atoms with Crippen molar-refractivity contribution in [1.29, 1.82) is 0 Å². The summed E-state index contributed by atoms with van der Waals surface area (Å²) >= 11 is 5.89. The largest absolute Gasteiger partial charge is 0.396 e. The minimum absolute atomic E-state index is 0.102. The zero-order valence-electron chi connectivity index (χ0n) is 7.63. The van der Waals surface area contributed by atoms with Crippen LogP contribution in [0.2, 0.25) is 5.02 Å². The fourth-order valence-electron chi connectivity index (χ4n) is 1.83. The minimum atomic E-state index is 0.102. The van der Waals surface area contributed by atoms with E-state index in [4.69, 9.17) is 16.7 Å². The lowest BCUT2D eigenvalue weighted by Crippen LogP contribution is -2.02. The summed E-state index contributed by atoms with van der Waals surface area (Å²) in [6.45, 7) is 2.38. The Balaban J connectivity index is 2.20. The molecule has 1 aromatic rings. The topological polar surface area (TPSA) is 20.2 Å². The standard InChI is InChI=1S/C11H13ClO/c1-11(7-13)6-10(11)8-3-2-4-9(12)5-8/h2-5,10,13H,6-7H2,1H3. The number of benzene rings is 1.